The molecule has 0 saturated carbocycles. The molecule has 1 aromatic carbocycles. The van der Waals surface area contributed by atoms with Crippen molar-refractivity contribution in [3.05, 3.63) is 48.8 Å². The van der Waals surface area contributed by atoms with Gasteiger partial charge in [-0.3, -0.25) is 9.19 Å². The number of hydrogen-bond acceptors (Lipinski definition) is 5. The maximum Gasteiger partial charge on any atom is 0.258 e. The van der Waals surface area contributed by atoms with Crippen LogP contribution in [-0.2, 0) is 10.8 Å². The molecule has 1 atom stereocenters. The van der Waals surface area contributed by atoms with Crippen LogP contribution >= 0.6 is 0 Å². The van der Waals surface area contributed by atoms with Crippen LogP contribution in [0.15, 0.2) is 58.2 Å². The summed E-state index contributed by atoms with van der Waals surface area (Å²) in [5.74, 6) is 0.954. The molecule has 0 aliphatic carbocycles. The van der Waals surface area contributed by atoms with E-state index in [1.165, 1.54) is 0 Å². The minimum absolute atomic E-state index is 0.435. The second-order valence-corrected chi connectivity index (χ2v) is 5.52. The zero-order chi connectivity index (χ0) is 13.9. The molecule has 2 heterocycles. The number of hydrogen-bond donors (Lipinski definition) is 0. The molecule has 1 unspecified atom stereocenters. The lowest BCUT2D eigenvalue weighted by Gasteiger charge is -1.97. The summed E-state index contributed by atoms with van der Waals surface area (Å²) in [6.07, 6.45) is 5.00. The van der Waals surface area contributed by atoms with Crippen molar-refractivity contribution in [3.8, 4) is 22.8 Å². The van der Waals surface area contributed by atoms with Gasteiger partial charge >= 0.3 is 0 Å². The SMILES string of the molecule is CS(=O)c1ccc(-c2nc(-c3ccncc3)no2)cc1. The van der Waals surface area contributed by atoms with E-state index in [0.717, 1.165) is 16.0 Å². The van der Waals surface area contributed by atoms with E-state index in [1.54, 1.807) is 30.8 Å². The van der Waals surface area contributed by atoms with Crippen LogP contribution in [0.5, 0.6) is 0 Å². The summed E-state index contributed by atoms with van der Waals surface area (Å²) in [4.78, 5) is 9.06. The Morgan fingerprint density at radius 3 is 2.35 bits per heavy atom. The third kappa shape index (κ3) is 2.50. The van der Waals surface area contributed by atoms with E-state index in [1.807, 2.05) is 24.3 Å². The molecule has 0 bridgehead atoms. The Kier molecular flexibility index (Phi) is 3.39. The molecule has 6 heteroatoms. The first kappa shape index (κ1) is 12.7. The molecule has 0 amide bonds. The fourth-order valence-electron chi connectivity index (χ4n) is 1.75. The van der Waals surface area contributed by atoms with E-state index in [0.29, 0.717) is 11.7 Å². The third-order valence-electron chi connectivity index (χ3n) is 2.80. The van der Waals surface area contributed by atoms with Crippen molar-refractivity contribution in [2.24, 2.45) is 0 Å². The molecule has 0 aliphatic heterocycles. The minimum Gasteiger partial charge on any atom is -0.334 e. The molecule has 20 heavy (non-hydrogen) atoms. The van der Waals surface area contributed by atoms with Crippen LogP contribution in [0.3, 0.4) is 0 Å². The van der Waals surface area contributed by atoms with Gasteiger partial charge in [0.2, 0.25) is 5.82 Å². The molecule has 0 saturated heterocycles. The summed E-state index contributed by atoms with van der Waals surface area (Å²) in [5, 5.41) is 3.95. The monoisotopic (exact) mass is 285 g/mol. The zero-order valence-electron chi connectivity index (χ0n) is 10.7. The molecule has 2 aromatic heterocycles. The van der Waals surface area contributed by atoms with Gasteiger partial charge < -0.3 is 4.52 Å². The van der Waals surface area contributed by atoms with Crippen molar-refractivity contribution in [1.29, 1.82) is 0 Å². The molecular weight excluding hydrogens is 274 g/mol. The Labute approximate surface area is 118 Å². The molecule has 0 N–H and O–H groups in total. The van der Waals surface area contributed by atoms with Crippen molar-refractivity contribution in [1.82, 2.24) is 15.1 Å². The molecule has 100 valence electrons. The highest BCUT2D eigenvalue weighted by Crippen LogP contribution is 2.22. The first-order chi connectivity index (χ1) is 9.74. The molecule has 0 radical (unpaired) electrons. The molecular formula is C14H11N3O2S. The van der Waals surface area contributed by atoms with E-state index in [2.05, 4.69) is 15.1 Å². The van der Waals surface area contributed by atoms with Crippen LogP contribution in [0, 0.1) is 0 Å². The van der Waals surface area contributed by atoms with E-state index in [9.17, 15) is 4.21 Å². The average molecular weight is 285 g/mol. The van der Waals surface area contributed by atoms with Crippen LogP contribution in [0.1, 0.15) is 0 Å². The first-order valence-electron chi connectivity index (χ1n) is 5.92. The number of rotatable bonds is 3. The Balaban J connectivity index is 1.92. The smallest absolute Gasteiger partial charge is 0.258 e. The fraction of sp³-hybridized carbons (Fsp3) is 0.0714. The fourth-order valence-corrected chi connectivity index (χ4v) is 2.27. The van der Waals surface area contributed by atoms with Crippen LogP contribution in [-0.4, -0.2) is 25.6 Å². The van der Waals surface area contributed by atoms with E-state index in [4.69, 9.17) is 4.52 Å². The van der Waals surface area contributed by atoms with Crippen molar-refractivity contribution >= 4 is 10.8 Å². The quantitative estimate of drug-likeness (QED) is 0.739. The van der Waals surface area contributed by atoms with Gasteiger partial charge in [0.05, 0.1) is 0 Å². The standard InChI is InChI=1S/C14H11N3O2S/c1-20(18)12-4-2-11(3-5-12)14-16-13(17-19-14)10-6-8-15-9-7-10/h2-9H,1H3. The first-order valence-corrected chi connectivity index (χ1v) is 7.48. The summed E-state index contributed by atoms with van der Waals surface area (Å²) >= 11 is 0. The minimum atomic E-state index is -0.992. The topological polar surface area (TPSA) is 68.9 Å². The number of nitrogens with zero attached hydrogens (tertiary/aromatic N) is 3. The summed E-state index contributed by atoms with van der Waals surface area (Å²) < 4.78 is 16.6. The molecule has 0 fully saturated rings. The maximum absolute atomic E-state index is 11.3. The van der Waals surface area contributed by atoms with Crippen molar-refractivity contribution in [2.75, 3.05) is 6.26 Å². The van der Waals surface area contributed by atoms with Crippen LogP contribution < -0.4 is 0 Å². The van der Waals surface area contributed by atoms with E-state index >= 15 is 0 Å². The van der Waals surface area contributed by atoms with Crippen molar-refractivity contribution in [2.45, 2.75) is 4.90 Å². The van der Waals surface area contributed by atoms with Gasteiger partial charge in [-0.2, -0.15) is 4.98 Å². The predicted octanol–water partition coefficient (Wildman–Crippen LogP) is 2.54. The zero-order valence-corrected chi connectivity index (χ0v) is 11.5. The molecule has 3 aromatic rings. The molecule has 0 spiro atoms. The largest absolute Gasteiger partial charge is 0.334 e. The van der Waals surface area contributed by atoms with Crippen LogP contribution in [0.2, 0.25) is 0 Å². The van der Waals surface area contributed by atoms with E-state index < -0.39 is 10.8 Å². The highest BCUT2D eigenvalue weighted by atomic mass is 32.2. The van der Waals surface area contributed by atoms with Gasteiger partial charge in [0.1, 0.15) is 0 Å². The summed E-state index contributed by atoms with van der Waals surface area (Å²) in [6.45, 7) is 0. The Morgan fingerprint density at radius 1 is 1.00 bits per heavy atom. The predicted molar refractivity (Wildman–Crippen MR) is 75.3 cm³/mol. The van der Waals surface area contributed by atoms with E-state index in [-0.39, 0.29) is 0 Å². The van der Waals surface area contributed by atoms with Gasteiger partial charge in [-0.15, -0.1) is 0 Å². The lowest BCUT2D eigenvalue weighted by Crippen LogP contribution is -1.87. The normalized spacial score (nSPS) is 12.2. The van der Waals surface area contributed by atoms with Crippen molar-refractivity contribution in [3.63, 3.8) is 0 Å². The van der Waals surface area contributed by atoms with Gasteiger partial charge in [0, 0.05) is 45.5 Å². The molecule has 5 nitrogen and oxygen atoms in total. The third-order valence-corrected chi connectivity index (χ3v) is 3.73. The maximum atomic E-state index is 11.3. The molecule has 0 aliphatic rings. The van der Waals surface area contributed by atoms with Gasteiger partial charge in [-0.25, -0.2) is 0 Å². The summed E-state index contributed by atoms with van der Waals surface area (Å²) in [5.41, 5.74) is 1.65. The highest BCUT2D eigenvalue weighted by Gasteiger charge is 2.10. The number of aromatic nitrogens is 3. The van der Waals surface area contributed by atoms with Gasteiger partial charge in [-0.05, 0) is 36.4 Å². The van der Waals surface area contributed by atoms with Crippen molar-refractivity contribution < 1.29 is 8.73 Å². The summed E-state index contributed by atoms with van der Waals surface area (Å²) in [6, 6.07) is 10.9. The number of pyridine rings is 1. The van der Waals surface area contributed by atoms with Gasteiger partial charge in [-0.1, -0.05) is 5.16 Å². The second-order valence-electron chi connectivity index (χ2n) is 4.14. The van der Waals surface area contributed by atoms with Gasteiger partial charge in [0.25, 0.3) is 5.89 Å². The second kappa shape index (κ2) is 5.34. The Hall–Kier alpha value is -2.34. The average Bonchev–Trinajstić information content (AvgIpc) is 2.98. The lowest BCUT2D eigenvalue weighted by molar-refractivity contribution is 0.432. The van der Waals surface area contributed by atoms with Gasteiger partial charge in [0.15, 0.2) is 0 Å². The number of benzene rings is 1. The Morgan fingerprint density at radius 2 is 1.70 bits per heavy atom. The highest BCUT2D eigenvalue weighted by molar-refractivity contribution is 7.84. The van der Waals surface area contributed by atoms with Crippen LogP contribution in [0.4, 0.5) is 0 Å². The lowest BCUT2D eigenvalue weighted by atomic mass is 10.2. The molecule has 3 rings (SSSR count). The summed E-state index contributed by atoms with van der Waals surface area (Å²) in [7, 11) is -0.992. The van der Waals surface area contributed by atoms with Crippen LogP contribution in [0.25, 0.3) is 22.8 Å². The Bertz CT molecular complexity index is 739.